The van der Waals surface area contributed by atoms with E-state index in [0.717, 1.165) is 0 Å². The van der Waals surface area contributed by atoms with Crippen LogP contribution in [0.25, 0.3) is 0 Å². The van der Waals surface area contributed by atoms with E-state index in [4.69, 9.17) is 4.55 Å². The Morgan fingerprint density at radius 3 is 2.08 bits per heavy atom. The third kappa shape index (κ3) is 2.60. The summed E-state index contributed by atoms with van der Waals surface area (Å²) in [5, 5.41) is 0. The first-order valence-corrected chi connectivity index (χ1v) is 4.49. The molecule has 0 amide bonds. The third-order valence-electron chi connectivity index (χ3n) is 1.37. The van der Waals surface area contributed by atoms with Crippen molar-refractivity contribution in [1.82, 2.24) is 0 Å². The van der Waals surface area contributed by atoms with Crippen molar-refractivity contribution in [2.75, 3.05) is 0 Å². The SMILES string of the molecule is Cc1ccccc1S(=O)(=O)O.[Fe]. The summed E-state index contributed by atoms with van der Waals surface area (Å²) < 4.78 is 29.9. The van der Waals surface area contributed by atoms with Gasteiger partial charge in [-0.3, -0.25) is 4.55 Å². The average molecular weight is 228 g/mol. The van der Waals surface area contributed by atoms with Gasteiger partial charge in [0, 0.05) is 17.1 Å². The zero-order valence-electron chi connectivity index (χ0n) is 6.33. The molecule has 68 valence electrons. The maximum Gasteiger partial charge on any atom is 0.294 e. The van der Waals surface area contributed by atoms with E-state index in [9.17, 15) is 8.42 Å². The molecular weight excluding hydrogens is 220 g/mol. The molecule has 0 unspecified atom stereocenters. The fourth-order valence-electron chi connectivity index (χ4n) is 0.846. The van der Waals surface area contributed by atoms with E-state index in [1.165, 1.54) is 6.07 Å². The third-order valence-corrected chi connectivity index (χ3v) is 2.39. The molecular formula is C7H8FeO3S. The fraction of sp³-hybridized carbons (Fsp3) is 0.143. The van der Waals surface area contributed by atoms with Gasteiger partial charge in [0.1, 0.15) is 0 Å². The number of rotatable bonds is 1. The van der Waals surface area contributed by atoms with Gasteiger partial charge >= 0.3 is 0 Å². The van der Waals surface area contributed by atoms with Crippen LogP contribution in [-0.4, -0.2) is 13.0 Å². The number of hydrogen-bond acceptors (Lipinski definition) is 2. The predicted octanol–water partition coefficient (Wildman–Crippen LogP) is 1.24. The summed E-state index contributed by atoms with van der Waals surface area (Å²) in [6, 6.07) is 6.27. The van der Waals surface area contributed by atoms with Gasteiger partial charge in [0.25, 0.3) is 10.1 Å². The smallest absolute Gasteiger partial charge is 0.282 e. The van der Waals surface area contributed by atoms with E-state index in [1.807, 2.05) is 0 Å². The number of aryl methyl sites for hydroxylation is 1. The zero-order chi connectivity index (χ0) is 8.48. The molecule has 0 atom stereocenters. The van der Waals surface area contributed by atoms with E-state index in [-0.39, 0.29) is 22.0 Å². The summed E-state index contributed by atoms with van der Waals surface area (Å²) in [7, 11) is -4.03. The molecule has 0 spiro atoms. The second kappa shape index (κ2) is 4.05. The Labute approximate surface area is 82.0 Å². The average Bonchev–Trinajstić information content (AvgIpc) is 1.86. The molecule has 0 aromatic heterocycles. The van der Waals surface area contributed by atoms with Gasteiger partial charge < -0.3 is 0 Å². The standard InChI is InChI=1S/C7H8O3S.Fe/c1-6-4-2-3-5-7(6)11(8,9)10;/h2-5H,1H3,(H,8,9,10);. The van der Waals surface area contributed by atoms with Crippen LogP contribution >= 0.6 is 0 Å². The van der Waals surface area contributed by atoms with Gasteiger partial charge in [-0.15, -0.1) is 0 Å². The maximum atomic E-state index is 10.6. The quantitative estimate of drug-likeness (QED) is 0.581. The van der Waals surface area contributed by atoms with Gasteiger partial charge in [-0.05, 0) is 18.6 Å². The molecule has 0 aliphatic carbocycles. The molecule has 3 nitrogen and oxygen atoms in total. The molecule has 0 heterocycles. The molecule has 12 heavy (non-hydrogen) atoms. The van der Waals surface area contributed by atoms with E-state index in [0.29, 0.717) is 5.56 Å². The van der Waals surface area contributed by atoms with Crippen LogP contribution in [0.4, 0.5) is 0 Å². The topological polar surface area (TPSA) is 54.4 Å². The maximum absolute atomic E-state index is 10.6. The van der Waals surface area contributed by atoms with Crippen molar-refractivity contribution in [3.8, 4) is 0 Å². The van der Waals surface area contributed by atoms with Gasteiger partial charge in [0.15, 0.2) is 0 Å². The Balaban J connectivity index is 0.00000121. The second-order valence-corrected chi connectivity index (χ2v) is 3.63. The van der Waals surface area contributed by atoms with Gasteiger partial charge in [-0.1, -0.05) is 18.2 Å². The minimum atomic E-state index is -4.03. The van der Waals surface area contributed by atoms with Crippen molar-refractivity contribution in [2.45, 2.75) is 11.8 Å². The summed E-state index contributed by atoms with van der Waals surface area (Å²) in [4.78, 5) is -0.0278. The molecule has 1 aromatic carbocycles. The second-order valence-electron chi connectivity index (χ2n) is 2.24. The Bertz CT molecular complexity index is 359. The molecule has 1 aromatic rings. The fourth-order valence-corrected chi connectivity index (χ4v) is 1.57. The van der Waals surface area contributed by atoms with E-state index >= 15 is 0 Å². The van der Waals surface area contributed by atoms with Crippen LogP contribution in [0.1, 0.15) is 5.56 Å². The minimum absolute atomic E-state index is 0. The number of benzene rings is 1. The molecule has 0 saturated carbocycles. The van der Waals surface area contributed by atoms with Gasteiger partial charge in [-0.2, -0.15) is 8.42 Å². The Hall–Kier alpha value is -0.351. The summed E-state index contributed by atoms with van der Waals surface area (Å²) in [5.41, 5.74) is 0.551. The van der Waals surface area contributed by atoms with Crippen LogP contribution in [0.3, 0.4) is 0 Å². The van der Waals surface area contributed by atoms with Crippen LogP contribution in [0.15, 0.2) is 29.2 Å². The van der Waals surface area contributed by atoms with Crippen molar-refractivity contribution < 1.29 is 30.0 Å². The van der Waals surface area contributed by atoms with Gasteiger partial charge in [0.2, 0.25) is 0 Å². The van der Waals surface area contributed by atoms with Crippen LogP contribution < -0.4 is 0 Å². The van der Waals surface area contributed by atoms with Crippen LogP contribution in [0.5, 0.6) is 0 Å². The molecule has 0 bridgehead atoms. The van der Waals surface area contributed by atoms with Crippen molar-refractivity contribution in [2.24, 2.45) is 0 Å². The normalized spacial score (nSPS) is 10.5. The summed E-state index contributed by atoms with van der Waals surface area (Å²) in [6.07, 6.45) is 0. The van der Waals surface area contributed by atoms with Crippen LogP contribution in [-0.2, 0) is 27.2 Å². The molecule has 0 fully saturated rings. The van der Waals surface area contributed by atoms with Crippen molar-refractivity contribution in [1.29, 1.82) is 0 Å². The molecule has 1 rings (SSSR count). The molecule has 0 radical (unpaired) electrons. The van der Waals surface area contributed by atoms with Crippen LogP contribution in [0.2, 0.25) is 0 Å². The van der Waals surface area contributed by atoms with E-state index < -0.39 is 10.1 Å². The molecule has 0 aliphatic rings. The van der Waals surface area contributed by atoms with Crippen molar-refractivity contribution in [3.63, 3.8) is 0 Å². The summed E-state index contributed by atoms with van der Waals surface area (Å²) >= 11 is 0. The largest absolute Gasteiger partial charge is 0.294 e. The number of hydrogen-bond donors (Lipinski definition) is 1. The van der Waals surface area contributed by atoms with Gasteiger partial charge in [-0.25, -0.2) is 0 Å². The summed E-state index contributed by atoms with van der Waals surface area (Å²) in [6.45, 7) is 1.63. The first kappa shape index (κ1) is 11.6. The van der Waals surface area contributed by atoms with Crippen molar-refractivity contribution >= 4 is 10.1 Å². The monoisotopic (exact) mass is 228 g/mol. The Morgan fingerprint density at radius 1 is 1.25 bits per heavy atom. The predicted molar refractivity (Wildman–Crippen MR) is 41.0 cm³/mol. The van der Waals surface area contributed by atoms with Crippen LogP contribution in [0, 0.1) is 6.92 Å². The first-order valence-electron chi connectivity index (χ1n) is 3.05. The molecule has 5 heteroatoms. The minimum Gasteiger partial charge on any atom is -0.282 e. The zero-order valence-corrected chi connectivity index (χ0v) is 8.26. The molecule has 0 aliphatic heterocycles. The van der Waals surface area contributed by atoms with E-state index in [1.54, 1.807) is 25.1 Å². The van der Waals surface area contributed by atoms with Crippen molar-refractivity contribution in [3.05, 3.63) is 29.8 Å². The molecule has 0 saturated heterocycles. The Kier molecular flexibility index (Phi) is 3.93. The summed E-state index contributed by atoms with van der Waals surface area (Å²) in [5.74, 6) is 0. The molecule has 1 N–H and O–H groups in total. The first-order chi connectivity index (χ1) is 5.02. The Morgan fingerprint density at radius 2 is 1.75 bits per heavy atom. The van der Waals surface area contributed by atoms with Gasteiger partial charge in [0.05, 0.1) is 4.90 Å². The van der Waals surface area contributed by atoms with E-state index in [2.05, 4.69) is 0 Å².